The summed E-state index contributed by atoms with van der Waals surface area (Å²) < 4.78 is 37.2. The Morgan fingerprint density at radius 3 is 2.50 bits per heavy atom. The number of pyridine rings is 1. The Morgan fingerprint density at radius 2 is 2.00 bits per heavy atom. The van der Waals surface area contributed by atoms with Gasteiger partial charge in [0.2, 0.25) is 0 Å². The average molecular weight is 234 g/mol. The smallest absolute Gasteiger partial charge is 0.417 e. The van der Waals surface area contributed by atoms with Crippen LogP contribution >= 0.6 is 0 Å². The molecule has 5 nitrogen and oxygen atoms in total. The minimum atomic E-state index is -4.74. The Labute approximate surface area is 86.9 Å². The van der Waals surface area contributed by atoms with Gasteiger partial charge in [-0.2, -0.15) is 13.2 Å². The molecule has 0 spiro atoms. The number of rotatable bonds is 1. The number of carbonyl (C=O) groups is 2. The molecule has 1 rings (SSSR count). The third-order valence-electron chi connectivity index (χ3n) is 1.59. The maximum Gasteiger partial charge on any atom is 0.417 e. The molecule has 2 N–H and O–H groups in total. The van der Waals surface area contributed by atoms with Crippen LogP contribution in [0.25, 0.3) is 0 Å². The van der Waals surface area contributed by atoms with Crippen LogP contribution < -0.4 is 5.32 Å². The van der Waals surface area contributed by atoms with Gasteiger partial charge in [-0.3, -0.25) is 15.1 Å². The molecule has 0 bridgehead atoms. The van der Waals surface area contributed by atoms with Crippen molar-refractivity contribution < 1.29 is 27.9 Å². The van der Waals surface area contributed by atoms with E-state index in [-0.39, 0.29) is 0 Å². The highest BCUT2D eigenvalue weighted by molar-refractivity contribution is 6.03. The summed E-state index contributed by atoms with van der Waals surface area (Å²) in [6.45, 7) is 0. The lowest BCUT2D eigenvalue weighted by Crippen LogP contribution is -2.30. The van der Waals surface area contributed by atoms with Gasteiger partial charge in [0.25, 0.3) is 5.91 Å². The molecule has 86 valence electrons. The number of carboxylic acid groups (broad SMARTS) is 1. The minimum Gasteiger partial charge on any atom is -0.465 e. The predicted octanol–water partition coefficient (Wildman–Crippen LogP) is 1.51. The highest BCUT2D eigenvalue weighted by Crippen LogP contribution is 2.31. The van der Waals surface area contributed by atoms with Gasteiger partial charge in [-0.25, -0.2) is 4.79 Å². The van der Waals surface area contributed by atoms with Gasteiger partial charge < -0.3 is 5.11 Å². The van der Waals surface area contributed by atoms with Gasteiger partial charge in [-0.05, 0) is 6.07 Å². The van der Waals surface area contributed by atoms with E-state index in [2.05, 4.69) is 4.98 Å². The number of amides is 2. The first-order valence-electron chi connectivity index (χ1n) is 3.88. The summed E-state index contributed by atoms with van der Waals surface area (Å²) >= 11 is 0. The Bertz CT molecular complexity index is 431. The fourth-order valence-corrected chi connectivity index (χ4v) is 0.987. The summed E-state index contributed by atoms with van der Waals surface area (Å²) in [5.41, 5.74) is -2.07. The zero-order valence-corrected chi connectivity index (χ0v) is 7.58. The van der Waals surface area contributed by atoms with Gasteiger partial charge in [0.1, 0.15) is 0 Å². The fourth-order valence-electron chi connectivity index (χ4n) is 0.987. The first kappa shape index (κ1) is 12.0. The quantitative estimate of drug-likeness (QED) is 0.771. The number of nitrogens with zero attached hydrogens (tertiary/aromatic N) is 1. The number of hydrogen-bond donors (Lipinski definition) is 2. The van der Waals surface area contributed by atoms with Crippen LogP contribution in [0, 0.1) is 0 Å². The molecule has 0 atom stereocenters. The van der Waals surface area contributed by atoms with Crippen molar-refractivity contribution in [1.82, 2.24) is 10.3 Å². The number of imide groups is 1. The van der Waals surface area contributed by atoms with E-state index in [9.17, 15) is 22.8 Å². The highest BCUT2D eigenvalue weighted by atomic mass is 19.4. The molecule has 8 heteroatoms. The van der Waals surface area contributed by atoms with E-state index in [0.29, 0.717) is 12.3 Å². The van der Waals surface area contributed by atoms with E-state index in [1.165, 1.54) is 5.32 Å². The van der Waals surface area contributed by atoms with Crippen LogP contribution in [0.4, 0.5) is 18.0 Å². The van der Waals surface area contributed by atoms with Crippen LogP contribution in [0.3, 0.4) is 0 Å². The third-order valence-corrected chi connectivity index (χ3v) is 1.59. The molecule has 0 fully saturated rings. The van der Waals surface area contributed by atoms with Crippen molar-refractivity contribution in [1.29, 1.82) is 0 Å². The Hall–Kier alpha value is -2.12. The standard InChI is InChI=1S/C8H5F3N2O3/c9-8(10,11)5-1-2-12-3-4(5)6(14)13-7(15)16/h1-3H,(H,13,14)(H,15,16). The Morgan fingerprint density at radius 1 is 1.38 bits per heavy atom. The van der Waals surface area contributed by atoms with E-state index in [1.54, 1.807) is 0 Å². The van der Waals surface area contributed by atoms with Crippen molar-refractivity contribution in [3.8, 4) is 0 Å². The van der Waals surface area contributed by atoms with Crippen molar-refractivity contribution >= 4 is 12.0 Å². The summed E-state index contributed by atoms with van der Waals surface area (Å²) in [6.07, 6.45) is -4.96. The van der Waals surface area contributed by atoms with Gasteiger partial charge >= 0.3 is 12.3 Å². The van der Waals surface area contributed by atoms with E-state index < -0.39 is 29.3 Å². The predicted molar refractivity (Wildman–Crippen MR) is 44.7 cm³/mol. The van der Waals surface area contributed by atoms with Crippen LogP contribution in [-0.2, 0) is 6.18 Å². The lowest BCUT2D eigenvalue weighted by atomic mass is 10.1. The largest absolute Gasteiger partial charge is 0.465 e. The van der Waals surface area contributed by atoms with Crippen LogP contribution in [0.1, 0.15) is 15.9 Å². The molecule has 0 aliphatic carbocycles. The summed E-state index contributed by atoms with van der Waals surface area (Å²) in [5.74, 6) is -1.37. The maximum absolute atomic E-state index is 12.4. The molecular formula is C8H5F3N2O3. The monoisotopic (exact) mass is 234 g/mol. The molecule has 1 aromatic rings. The van der Waals surface area contributed by atoms with Crippen molar-refractivity contribution in [2.75, 3.05) is 0 Å². The molecule has 0 saturated heterocycles. The van der Waals surface area contributed by atoms with Gasteiger partial charge in [0, 0.05) is 12.4 Å². The molecule has 1 aromatic heterocycles. The van der Waals surface area contributed by atoms with Crippen molar-refractivity contribution in [3.05, 3.63) is 29.6 Å². The van der Waals surface area contributed by atoms with Gasteiger partial charge in [0.05, 0.1) is 11.1 Å². The lowest BCUT2D eigenvalue weighted by molar-refractivity contribution is -0.138. The minimum absolute atomic E-state index is 0.594. The van der Waals surface area contributed by atoms with Crippen LogP contribution in [0.5, 0.6) is 0 Å². The zero-order valence-electron chi connectivity index (χ0n) is 7.58. The molecular weight excluding hydrogens is 229 g/mol. The first-order chi connectivity index (χ1) is 7.32. The van der Waals surface area contributed by atoms with Crippen LogP contribution in [0.2, 0.25) is 0 Å². The molecule has 16 heavy (non-hydrogen) atoms. The SMILES string of the molecule is O=C(O)NC(=O)c1cnccc1C(F)(F)F. The third kappa shape index (κ3) is 2.69. The van der Waals surface area contributed by atoms with Crippen LogP contribution in [0.15, 0.2) is 18.5 Å². The normalized spacial score (nSPS) is 10.9. The van der Waals surface area contributed by atoms with E-state index in [0.717, 1.165) is 6.20 Å². The number of hydrogen-bond acceptors (Lipinski definition) is 3. The first-order valence-corrected chi connectivity index (χ1v) is 3.88. The summed E-state index contributed by atoms with van der Waals surface area (Å²) in [7, 11) is 0. The Kier molecular flexibility index (Phi) is 3.11. The van der Waals surface area contributed by atoms with E-state index in [4.69, 9.17) is 5.11 Å². The highest BCUT2D eigenvalue weighted by Gasteiger charge is 2.35. The molecule has 0 aliphatic heterocycles. The van der Waals surface area contributed by atoms with Gasteiger partial charge in [-0.1, -0.05) is 0 Å². The average Bonchev–Trinajstić information content (AvgIpc) is 2.15. The lowest BCUT2D eigenvalue weighted by Gasteiger charge is -2.10. The number of nitrogens with one attached hydrogen (secondary N) is 1. The summed E-state index contributed by atoms with van der Waals surface area (Å²) in [6, 6.07) is 0.594. The number of halogens is 3. The second-order valence-corrected chi connectivity index (χ2v) is 2.68. The summed E-state index contributed by atoms with van der Waals surface area (Å²) in [4.78, 5) is 24.5. The van der Waals surface area contributed by atoms with Crippen molar-refractivity contribution in [2.24, 2.45) is 0 Å². The number of carbonyl (C=O) groups excluding carboxylic acids is 1. The Balaban J connectivity index is 3.14. The van der Waals surface area contributed by atoms with Crippen molar-refractivity contribution in [2.45, 2.75) is 6.18 Å². The second kappa shape index (κ2) is 4.17. The van der Waals surface area contributed by atoms with Gasteiger partial charge in [-0.15, -0.1) is 0 Å². The van der Waals surface area contributed by atoms with E-state index >= 15 is 0 Å². The number of aromatic nitrogens is 1. The zero-order chi connectivity index (χ0) is 12.3. The second-order valence-electron chi connectivity index (χ2n) is 2.68. The van der Waals surface area contributed by atoms with E-state index in [1.807, 2.05) is 0 Å². The summed E-state index contributed by atoms with van der Waals surface area (Å²) in [5, 5.41) is 9.51. The number of alkyl halides is 3. The molecule has 1 heterocycles. The van der Waals surface area contributed by atoms with Gasteiger partial charge in [0.15, 0.2) is 0 Å². The maximum atomic E-state index is 12.4. The molecule has 0 aliphatic rings. The topological polar surface area (TPSA) is 79.3 Å². The molecule has 0 saturated carbocycles. The molecule has 0 unspecified atom stereocenters. The van der Waals surface area contributed by atoms with Crippen molar-refractivity contribution in [3.63, 3.8) is 0 Å². The molecule has 2 amide bonds. The van der Waals surface area contributed by atoms with Crippen LogP contribution in [-0.4, -0.2) is 22.1 Å². The molecule has 0 aromatic carbocycles. The fraction of sp³-hybridized carbons (Fsp3) is 0.125. The molecule has 0 radical (unpaired) electrons.